The van der Waals surface area contributed by atoms with E-state index in [-0.39, 0.29) is 0 Å². The van der Waals surface area contributed by atoms with Crippen molar-refractivity contribution in [2.75, 3.05) is 20.6 Å². The summed E-state index contributed by atoms with van der Waals surface area (Å²) in [6, 6.07) is 2.01. The van der Waals surface area contributed by atoms with Gasteiger partial charge in [0.05, 0.1) is 5.52 Å². The SMILES string of the molecule is CN(C)CCCCn1c(=S)[nH]c2cc(Br)cnc21. The minimum Gasteiger partial charge on any atom is -0.329 e. The van der Waals surface area contributed by atoms with Crippen molar-refractivity contribution in [2.45, 2.75) is 19.4 Å². The number of aromatic amines is 1. The summed E-state index contributed by atoms with van der Waals surface area (Å²) in [5, 5.41) is 0. The number of H-pyrrole nitrogens is 1. The molecule has 0 unspecified atom stereocenters. The number of fused-ring (bicyclic) bond motifs is 1. The first kappa shape index (κ1) is 13.7. The molecule has 0 aromatic carbocycles. The zero-order valence-corrected chi connectivity index (χ0v) is 13.0. The van der Waals surface area contributed by atoms with E-state index < -0.39 is 0 Å². The van der Waals surface area contributed by atoms with Crippen LogP contribution in [0, 0.1) is 4.77 Å². The fourth-order valence-electron chi connectivity index (χ4n) is 1.92. The highest BCUT2D eigenvalue weighted by Crippen LogP contribution is 2.17. The number of imidazole rings is 1. The van der Waals surface area contributed by atoms with Gasteiger partial charge in [0.1, 0.15) is 0 Å². The Morgan fingerprint density at radius 1 is 1.44 bits per heavy atom. The summed E-state index contributed by atoms with van der Waals surface area (Å²) in [6.45, 7) is 2.02. The largest absolute Gasteiger partial charge is 0.329 e. The molecule has 0 amide bonds. The lowest BCUT2D eigenvalue weighted by Gasteiger charge is -2.09. The molecule has 0 saturated heterocycles. The first-order valence-electron chi connectivity index (χ1n) is 5.97. The number of hydrogen-bond acceptors (Lipinski definition) is 3. The summed E-state index contributed by atoms with van der Waals surface area (Å²) in [5.74, 6) is 0. The highest BCUT2D eigenvalue weighted by Gasteiger charge is 2.05. The van der Waals surface area contributed by atoms with E-state index in [1.807, 2.05) is 6.07 Å². The lowest BCUT2D eigenvalue weighted by Crippen LogP contribution is -2.13. The first-order valence-corrected chi connectivity index (χ1v) is 7.17. The molecule has 0 atom stereocenters. The zero-order valence-electron chi connectivity index (χ0n) is 10.6. The van der Waals surface area contributed by atoms with Crippen LogP contribution < -0.4 is 0 Å². The van der Waals surface area contributed by atoms with Crippen molar-refractivity contribution in [3.8, 4) is 0 Å². The first-order chi connectivity index (χ1) is 8.58. The van der Waals surface area contributed by atoms with E-state index in [2.05, 4.69) is 49.5 Å². The topological polar surface area (TPSA) is 36.9 Å². The normalized spacial score (nSPS) is 11.6. The summed E-state index contributed by atoms with van der Waals surface area (Å²) >= 11 is 8.75. The number of hydrogen-bond donors (Lipinski definition) is 1. The number of aromatic nitrogens is 3. The number of aryl methyl sites for hydroxylation is 1. The maximum atomic E-state index is 5.34. The minimum atomic E-state index is 0.750. The van der Waals surface area contributed by atoms with Crippen LogP contribution in [0.5, 0.6) is 0 Å². The Balaban J connectivity index is 2.13. The van der Waals surface area contributed by atoms with Gasteiger partial charge in [-0.05, 0) is 67.7 Å². The molecular weight excluding hydrogens is 312 g/mol. The van der Waals surface area contributed by atoms with Crippen LogP contribution in [0.15, 0.2) is 16.7 Å². The van der Waals surface area contributed by atoms with E-state index in [1.165, 1.54) is 0 Å². The summed E-state index contributed by atoms with van der Waals surface area (Å²) in [7, 11) is 4.19. The second-order valence-corrected chi connectivity index (χ2v) is 5.92. The van der Waals surface area contributed by atoms with E-state index in [4.69, 9.17) is 12.2 Å². The van der Waals surface area contributed by atoms with Crippen LogP contribution in [-0.2, 0) is 6.54 Å². The number of halogens is 1. The van der Waals surface area contributed by atoms with Gasteiger partial charge in [-0.15, -0.1) is 0 Å². The van der Waals surface area contributed by atoms with E-state index >= 15 is 0 Å². The van der Waals surface area contributed by atoms with Crippen molar-refractivity contribution in [1.82, 2.24) is 19.4 Å². The molecule has 0 bridgehead atoms. The third-order valence-corrected chi connectivity index (χ3v) is 3.57. The third kappa shape index (κ3) is 3.18. The Hall–Kier alpha value is -0.720. The van der Waals surface area contributed by atoms with Crippen LogP contribution in [0.3, 0.4) is 0 Å². The average Bonchev–Trinajstić information content (AvgIpc) is 2.59. The van der Waals surface area contributed by atoms with Gasteiger partial charge in [-0.2, -0.15) is 0 Å². The number of nitrogens with zero attached hydrogens (tertiary/aromatic N) is 3. The summed E-state index contributed by atoms with van der Waals surface area (Å²) in [5.41, 5.74) is 1.93. The highest BCUT2D eigenvalue weighted by atomic mass is 79.9. The number of unbranched alkanes of at least 4 members (excludes halogenated alkanes) is 1. The van der Waals surface area contributed by atoms with Crippen molar-refractivity contribution < 1.29 is 0 Å². The van der Waals surface area contributed by atoms with Crippen LogP contribution >= 0.6 is 28.1 Å². The quantitative estimate of drug-likeness (QED) is 0.676. The smallest absolute Gasteiger partial charge is 0.179 e. The van der Waals surface area contributed by atoms with E-state index in [9.17, 15) is 0 Å². The van der Waals surface area contributed by atoms with Crippen molar-refractivity contribution in [1.29, 1.82) is 0 Å². The molecule has 0 saturated carbocycles. The van der Waals surface area contributed by atoms with Gasteiger partial charge in [-0.25, -0.2) is 4.98 Å². The Bertz CT molecular complexity index is 587. The van der Waals surface area contributed by atoms with Crippen LogP contribution in [0.25, 0.3) is 11.2 Å². The Labute approximate surface area is 120 Å². The zero-order chi connectivity index (χ0) is 13.1. The molecule has 0 fully saturated rings. The molecule has 0 spiro atoms. The fourth-order valence-corrected chi connectivity index (χ4v) is 2.54. The predicted octanol–water partition coefficient (Wildman–Crippen LogP) is 3.20. The number of nitrogens with one attached hydrogen (secondary N) is 1. The van der Waals surface area contributed by atoms with Gasteiger partial charge in [-0.1, -0.05) is 0 Å². The van der Waals surface area contributed by atoms with Crippen molar-refractivity contribution in [3.63, 3.8) is 0 Å². The maximum Gasteiger partial charge on any atom is 0.179 e. The molecule has 2 heterocycles. The van der Waals surface area contributed by atoms with Gasteiger partial charge in [0, 0.05) is 17.2 Å². The summed E-state index contributed by atoms with van der Waals surface area (Å²) in [6.07, 6.45) is 4.08. The van der Waals surface area contributed by atoms with Crippen molar-refractivity contribution in [2.24, 2.45) is 0 Å². The predicted molar refractivity (Wildman–Crippen MR) is 80.4 cm³/mol. The Kier molecular flexibility index (Phi) is 4.53. The summed E-state index contributed by atoms with van der Waals surface area (Å²) in [4.78, 5) is 9.81. The van der Waals surface area contributed by atoms with Gasteiger partial charge in [0.15, 0.2) is 10.4 Å². The van der Waals surface area contributed by atoms with E-state index in [1.54, 1.807) is 6.20 Å². The number of pyridine rings is 1. The molecule has 2 aromatic heterocycles. The molecule has 0 aliphatic rings. The summed E-state index contributed by atoms with van der Waals surface area (Å²) < 4.78 is 3.79. The van der Waals surface area contributed by atoms with Crippen molar-refractivity contribution in [3.05, 3.63) is 21.5 Å². The molecule has 1 N–H and O–H groups in total. The fraction of sp³-hybridized carbons (Fsp3) is 0.500. The van der Waals surface area contributed by atoms with Crippen LogP contribution in [-0.4, -0.2) is 40.1 Å². The highest BCUT2D eigenvalue weighted by molar-refractivity contribution is 9.10. The minimum absolute atomic E-state index is 0.750. The molecule has 2 rings (SSSR count). The molecule has 18 heavy (non-hydrogen) atoms. The molecule has 0 aliphatic carbocycles. The number of rotatable bonds is 5. The van der Waals surface area contributed by atoms with E-state index in [0.717, 1.165) is 46.3 Å². The third-order valence-electron chi connectivity index (χ3n) is 2.81. The van der Waals surface area contributed by atoms with Crippen LogP contribution in [0.2, 0.25) is 0 Å². The second kappa shape index (κ2) is 5.95. The van der Waals surface area contributed by atoms with Crippen LogP contribution in [0.4, 0.5) is 0 Å². The van der Waals surface area contributed by atoms with Gasteiger partial charge in [0.2, 0.25) is 0 Å². The molecule has 4 nitrogen and oxygen atoms in total. The average molecular weight is 329 g/mol. The van der Waals surface area contributed by atoms with Crippen molar-refractivity contribution >= 4 is 39.3 Å². The van der Waals surface area contributed by atoms with Gasteiger partial charge < -0.3 is 14.5 Å². The van der Waals surface area contributed by atoms with Crippen LogP contribution in [0.1, 0.15) is 12.8 Å². The Morgan fingerprint density at radius 2 is 2.22 bits per heavy atom. The second-order valence-electron chi connectivity index (χ2n) is 4.62. The molecule has 0 aliphatic heterocycles. The monoisotopic (exact) mass is 328 g/mol. The molecule has 0 radical (unpaired) electrons. The standard InChI is InChI=1S/C12H17BrN4S/c1-16(2)5-3-4-6-17-11-10(15-12(17)18)7-9(13)8-14-11/h7-8H,3-6H2,1-2H3,(H,15,18). The molecule has 98 valence electrons. The van der Waals surface area contributed by atoms with Gasteiger partial charge in [-0.3, -0.25) is 0 Å². The lowest BCUT2D eigenvalue weighted by molar-refractivity contribution is 0.388. The van der Waals surface area contributed by atoms with E-state index in [0.29, 0.717) is 0 Å². The maximum absolute atomic E-state index is 5.34. The van der Waals surface area contributed by atoms with Gasteiger partial charge >= 0.3 is 0 Å². The Morgan fingerprint density at radius 3 is 2.94 bits per heavy atom. The van der Waals surface area contributed by atoms with Gasteiger partial charge in [0.25, 0.3) is 0 Å². The molecule has 2 aromatic rings. The molecule has 6 heteroatoms. The molecular formula is C12H17BrN4S. The lowest BCUT2D eigenvalue weighted by atomic mass is 10.3.